The minimum Gasteiger partial charge on any atom is -0.481 e. The Morgan fingerprint density at radius 2 is 2.15 bits per heavy atom. The number of hydrogen-bond acceptors (Lipinski definition) is 3. The fourth-order valence-electron chi connectivity index (χ4n) is 3.06. The maximum absolute atomic E-state index is 10.7. The SMILES string of the molecule is CCCN1CC(CCC(=O)O)CC(NCCC(C)C)C1. The molecule has 1 aliphatic heterocycles. The van der Waals surface area contributed by atoms with Gasteiger partial charge in [0.05, 0.1) is 0 Å². The first-order chi connectivity index (χ1) is 9.51. The van der Waals surface area contributed by atoms with E-state index in [1.165, 1.54) is 12.8 Å². The summed E-state index contributed by atoms with van der Waals surface area (Å²) in [5, 5.41) is 12.5. The Morgan fingerprint density at radius 1 is 1.40 bits per heavy atom. The molecule has 118 valence electrons. The van der Waals surface area contributed by atoms with Crippen LogP contribution < -0.4 is 5.32 Å². The number of likely N-dealkylation sites (tertiary alicyclic amines) is 1. The van der Waals surface area contributed by atoms with Gasteiger partial charge in [-0.2, -0.15) is 0 Å². The molecule has 2 N–H and O–H groups in total. The first-order valence-corrected chi connectivity index (χ1v) is 8.18. The van der Waals surface area contributed by atoms with E-state index in [-0.39, 0.29) is 0 Å². The van der Waals surface area contributed by atoms with Crippen molar-refractivity contribution in [1.29, 1.82) is 0 Å². The summed E-state index contributed by atoms with van der Waals surface area (Å²) in [6.07, 6.45) is 4.64. The molecule has 0 aliphatic carbocycles. The largest absolute Gasteiger partial charge is 0.481 e. The summed E-state index contributed by atoms with van der Waals surface area (Å²) in [5.41, 5.74) is 0. The van der Waals surface area contributed by atoms with Crippen molar-refractivity contribution in [2.75, 3.05) is 26.2 Å². The van der Waals surface area contributed by atoms with Crippen LogP contribution in [0.2, 0.25) is 0 Å². The fourth-order valence-corrected chi connectivity index (χ4v) is 3.06. The Hall–Kier alpha value is -0.610. The average molecular weight is 284 g/mol. The zero-order chi connectivity index (χ0) is 15.0. The van der Waals surface area contributed by atoms with E-state index < -0.39 is 5.97 Å². The third-order valence-electron chi connectivity index (χ3n) is 4.07. The lowest BCUT2D eigenvalue weighted by Crippen LogP contribution is -2.49. The maximum atomic E-state index is 10.7. The highest BCUT2D eigenvalue weighted by atomic mass is 16.4. The van der Waals surface area contributed by atoms with Crippen molar-refractivity contribution >= 4 is 5.97 Å². The molecule has 0 aromatic rings. The van der Waals surface area contributed by atoms with Gasteiger partial charge in [-0.05, 0) is 50.6 Å². The van der Waals surface area contributed by atoms with Crippen LogP contribution in [-0.2, 0) is 4.79 Å². The monoisotopic (exact) mass is 284 g/mol. The normalized spacial score (nSPS) is 24.2. The summed E-state index contributed by atoms with van der Waals surface area (Å²) < 4.78 is 0. The van der Waals surface area contributed by atoms with E-state index in [0.717, 1.165) is 44.9 Å². The number of nitrogens with zero attached hydrogens (tertiary/aromatic N) is 1. The number of aliphatic carboxylic acids is 1. The minimum absolute atomic E-state index is 0.309. The van der Waals surface area contributed by atoms with Gasteiger partial charge < -0.3 is 15.3 Å². The average Bonchev–Trinajstić information content (AvgIpc) is 2.36. The van der Waals surface area contributed by atoms with Gasteiger partial charge in [0.25, 0.3) is 0 Å². The van der Waals surface area contributed by atoms with Gasteiger partial charge in [-0.3, -0.25) is 4.79 Å². The quantitative estimate of drug-likeness (QED) is 0.683. The van der Waals surface area contributed by atoms with E-state index in [1.807, 2.05) is 0 Å². The summed E-state index contributed by atoms with van der Waals surface area (Å²) in [6, 6.07) is 0.535. The van der Waals surface area contributed by atoms with Gasteiger partial charge >= 0.3 is 5.97 Å². The van der Waals surface area contributed by atoms with Crippen molar-refractivity contribution in [3.05, 3.63) is 0 Å². The van der Waals surface area contributed by atoms with Crippen LogP contribution in [0.15, 0.2) is 0 Å². The molecule has 0 aromatic heterocycles. The van der Waals surface area contributed by atoms with Crippen LogP contribution in [0.25, 0.3) is 0 Å². The number of carboxylic acid groups (broad SMARTS) is 1. The summed E-state index contributed by atoms with van der Waals surface area (Å²) in [7, 11) is 0. The third kappa shape index (κ3) is 7.25. The van der Waals surface area contributed by atoms with E-state index in [1.54, 1.807) is 0 Å². The predicted octanol–water partition coefficient (Wildman–Crippen LogP) is 2.59. The maximum Gasteiger partial charge on any atom is 0.303 e. The first kappa shape index (κ1) is 17.4. The highest BCUT2D eigenvalue weighted by Crippen LogP contribution is 2.21. The highest BCUT2D eigenvalue weighted by Gasteiger charge is 2.26. The van der Waals surface area contributed by atoms with Crippen LogP contribution in [0.5, 0.6) is 0 Å². The molecule has 2 unspecified atom stereocenters. The molecule has 0 amide bonds. The summed E-state index contributed by atoms with van der Waals surface area (Å²) in [6.45, 7) is 11.1. The minimum atomic E-state index is -0.665. The lowest BCUT2D eigenvalue weighted by molar-refractivity contribution is -0.137. The Bertz CT molecular complexity index is 282. The molecule has 1 saturated heterocycles. The van der Waals surface area contributed by atoms with Gasteiger partial charge in [0, 0.05) is 25.6 Å². The Labute approximate surface area is 123 Å². The van der Waals surface area contributed by atoms with Crippen molar-refractivity contribution in [3.8, 4) is 0 Å². The smallest absolute Gasteiger partial charge is 0.303 e. The van der Waals surface area contributed by atoms with Crippen LogP contribution in [0, 0.1) is 11.8 Å². The standard InChI is InChI=1S/C16H32N2O2/c1-4-9-18-11-14(5-6-16(19)20)10-15(12-18)17-8-7-13(2)3/h13-15,17H,4-12H2,1-3H3,(H,19,20). The molecule has 2 atom stereocenters. The molecule has 1 heterocycles. The molecule has 0 bridgehead atoms. The van der Waals surface area contributed by atoms with Crippen molar-refractivity contribution in [2.24, 2.45) is 11.8 Å². The summed E-state index contributed by atoms with van der Waals surface area (Å²) >= 11 is 0. The van der Waals surface area contributed by atoms with Gasteiger partial charge in [-0.15, -0.1) is 0 Å². The second-order valence-corrected chi connectivity index (χ2v) is 6.63. The van der Waals surface area contributed by atoms with Crippen molar-refractivity contribution in [2.45, 2.75) is 58.9 Å². The van der Waals surface area contributed by atoms with Crippen molar-refractivity contribution in [1.82, 2.24) is 10.2 Å². The molecule has 0 spiro atoms. The molecule has 4 heteroatoms. The molecule has 0 radical (unpaired) electrons. The van der Waals surface area contributed by atoms with E-state index in [0.29, 0.717) is 18.4 Å². The van der Waals surface area contributed by atoms with Crippen LogP contribution in [0.1, 0.15) is 52.9 Å². The summed E-state index contributed by atoms with van der Waals surface area (Å²) in [4.78, 5) is 13.3. The number of hydrogen-bond donors (Lipinski definition) is 2. The van der Waals surface area contributed by atoms with Crippen LogP contribution in [-0.4, -0.2) is 48.2 Å². The van der Waals surface area contributed by atoms with Crippen LogP contribution >= 0.6 is 0 Å². The zero-order valence-electron chi connectivity index (χ0n) is 13.4. The van der Waals surface area contributed by atoms with E-state index in [2.05, 4.69) is 31.0 Å². The molecule has 1 rings (SSSR count). The Kier molecular flexibility index (Phi) is 8.15. The summed E-state index contributed by atoms with van der Waals surface area (Å²) in [5.74, 6) is 0.602. The first-order valence-electron chi connectivity index (χ1n) is 8.18. The van der Waals surface area contributed by atoms with E-state index >= 15 is 0 Å². The molecule has 0 aromatic carbocycles. The zero-order valence-corrected chi connectivity index (χ0v) is 13.4. The number of nitrogens with one attached hydrogen (secondary N) is 1. The van der Waals surface area contributed by atoms with Gasteiger partial charge in [0.1, 0.15) is 0 Å². The fraction of sp³-hybridized carbons (Fsp3) is 0.938. The Balaban J connectivity index is 2.40. The number of carboxylic acids is 1. The van der Waals surface area contributed by atoms with Crippen LogP contribution in [0.4, 0.5) is 0 Å². The molecule has 1 aliphatic rings. The number of rotatable bonds is 9. The second kappa shape index (κ2) is 9.35. The Morgan fingerprint density at radius 3 is 2.75 bits per heavy atom. The van der Waals surface area contributed by atoms with Crippen molar-refractivity contribution < 1.29 is 9.90 Å². The molecular weight excluding hydrogens is 252 g/mol. The molecule has 4 nitrogen and oxygen atoms in total. The van der Waals surface area contributed by atoms with Gasteiger partial charge in [0.2, 0.25) is 0 Å². The van der Waals surface area contributed by atoms with Crippen molar-refractivity contribution in [3.63, 3.8) is 0 Å². The molecule has 20 heavy (non-hydrogen) atoms. The molecule has 0 saturated carbocycles. The number of carbonyl (C=O) groups is 1. The van der Waals surface area contributed by atoms with E-state index in [4.69, 9.17) is 5.11 Å². The van der Waals surface area contributed by atoms with E-state index in [9.17, 15) is 4.79 Å². The van der Waals surface area contributed by atoms with Gasteiger partial charge in [0.15, 0.2) is 0 Å². The van der Waals surface area contributed by atoms with Gasteiger partial charge in [-0.1, -0.05) is 20.8 Å². The predicted molar refractivity (Wildman–Crippen MR) is 83.0 cm³/mol. The second-order valence-electron chi connectivity index (χ2n) is 6.63. The lowest BCUT2D eigenvalue weighted by atomic mass is 9.90. The highest BCUT2D eigenvalue weighted by molar-refractivity contribution is 5.66. The lowest BCUT2D eigenvalue weighted by Gasteiger charge is -2.38. The van der Waals surface area contributed by atoms with Gasteiger partial charge in [-0.25, -0.2) is 0 Å². The molecule has 1 fully saturated rings. The third-order valence-corrected chi connectivity index (χ3v) is 4.07. The molecular formula is C16H32N2O2. The van der Waals surface area contributed by atoms with Crippen LogP contribution in [0.3, 0.4) is 0 Å². The topological polar surface area (TPSA) is 52.6 Å². The number of piperidine rings is 1.